The van der Waals surface area contributed by atoms with Crippen LogP contribution in [0.5, 0.6) is 5.88 Å². The first-order valence-electron chi connectivity index (χ1n) is 6.75. The van der Waals surface area contributed by atoms with E-state index in [1.807, 2.05) is 35.2 Å². The summed E-state index contributed by atoms with van der Waals surface area (Å²) in [5.41, 5.74) is 1.71. The Bertz CT molecular complexity index is 577. The molecule has 0 unspecified atom stereocenters. The molecule has 1 saturated heterocycles. The Morgan fingerprint density at radius 2 is 1.95 bits per heavy atom. The molecule has 0 spiro atoms. The lowest BCUT2D eigenvalue weighted by atomic mass is 10.1. The summed E-state index contributed by atoms with van der Waals surface area (Å²) < 4.78 is 5.59. The molecule has 0 radical (unpaired) electrons. The summed E-state index contributed by atoms with van der Waals surface area (Å²) in [5.74, 6) is 0.590. The number of ether oxygens (including phenoxy) is 1. The third-order valence-corrected chi connectivity index (χ3v) is 3.36. The maximum Gasteiger partial charge on any atom is 0.255 e. The molecule has 20 heavy (non-hydrogen) atoms. The van der Waals surface area contributed by atoms with Crippen LogP contribution in [0, 0.1) is 0 Å². The largest absolute Gasteiger partial charge is 0.473 e. The highest BCUT2D eigenvalue weighted by molar-refractivity contribution is 5.94. The van der Waals surface area contributed by atoms with Crippen molar-refractivity contribution in [2.45, 2.75) is 13.0 Å². The number of rotatable bonds is 4. The first-order valence-corrected chi connectivity index (χ1v) is 6.75. The molecular formula is C16H16N2O2. The van der Waals surface area contributed by atoms with Gasteiger partial charge in [0.15, 0.2) is 0 Å². The minimum absolute atomic E-state index is 0.0540. The van der Waals surface area contributed by atoms with Gasteiger partial charge >= 0.3 is 0 Å². The van der Waals surface area contributed by atoms with Gasteiger partial charge in [0.2, 0.25) is 5.88 Å². The maximum absolute atomic E-state index is 12.0. The third-order valence-electron chi connectivity index (χ3n) is 3.36. The number of amides is 1. The average Bonchev–Trinajstić information content (AvgIpc) is 2.45. The van der Waals surface area contributed by atoms with Gasteiger partial charge in [-0.05, 0) is 18.1 Å². The standard InChI is InChI=1S/C16H16N2O2/c19-16(18-9-4-10-18)14-7-8-15(17-11-14)20-12-13-5-2-1-3-6-13/h1-3,5-8,11H,4,9-10,12H2. The van der Waals surface area contributed by atoms with E-state index in [1.165, 1.54) is 0 Å². The van der Waals surface area contributed by atoms with Crippen LogP contribution < -0.4 is 4.74 Å². The molecule has 0 saturated carbocycles. The highest BCUT2D eigenvalue weighted by atomic mass is 16.5. The second kappa shape index (κ2) is 5.74. The van der Waals surface area contributed by atoms with Crippen LogP contribution in [-0.4, -0.2) is 28.9 Å². The lowest BCUT2D eigenvalue weighted by molar-refractivity contribution is 0.0651. The first-order chi connectivity index (χ1) is 9.83. The molecule has 1 aliphatic rings. The number of nitrogens with zero attached hydrogens (tertiary/aromatic N) is 2. The molecule has 2 heterocycles. The molecule has 1 aliphatic heterocycles. The summed E-state index contributed by atoms with van der Waals surface area (Å²) in [6.45, 7) is 2.18. The molecule has 0 bridgehead atoms. The quantitative estimate of drug-likeness (QED) is 0.855. The van der Waals surface area contributed by atoms with Crippen LogP contribution in [0.3, 0.4) is 0 Å². The van der Waals surface area contributed by atoms with E-state index in [4.69, 9.17) is 4.74 Å². The fourth-order valence-electron chi connectivity index (χ4n) is 2.03. The van der Waals surface area contributed by atoms with E-state index in [2.05, 4.69) is 4.98 Å². The van der Waals surface area contributed by atoms with Crippen LogP contribution in [0.2, 0.25) is 0 Å². The number of likely N-dealkylation sites (tertiary alicyclic amines) is 1. The normalized spacial score (nSPS) is 13.7. The third kappa shape index (κ3) is 2.79. The summed E-state index contributed by atoms with van der Waals surface area (Å²) in [4.78, 5) is 18.0. The van der Waals surface area contributed by atoms with E-state index in [1.54, 1.807) is 18.3 Å². The Balaban J connectivity index is 1.60. The van der Waals surface area contributed by atoms with Gasteiger partial charge in [-0.25, -0.2) is 4.98 Å². The van der Waals surface area contributed by atoms with E-state index in [-0.39, 0.29) is 5.91 Å². The second-order valence-corrected chi connectivity index (χ2v) is 4.81. The molecule has 0 N–H and O–H groups in total. The molecular weight excluding hydrogens is 252 g/mol. The Morgan fingerprint density at radius 3 is 2.55 bits per heavy atom. The lowest BCUT2D eigenvalue weighted by Gasteiger charge is -2.30. The minimum atomic E-state index is 0.0540. The number of carbonyl (C=O) groups is 1. The summed E-state index contributed by atoms with van der Waals surface area (Å²) >= 11 is 0. The van der Waals surface area contributed by atoms with Crippen molar-refractivity contribution in [3.05, 3.63) is 59.8 Å². The van der Waals surface area contributed by atoms with Gasteiger partial charge in [0.1, 0.15) is 6.61 Å². The van der Waals surface area contributed by atoms with Gasteiger partial charge in [-0.15, -0.1) is 0 Å². The summed E-state index contributed by atoms with van der Waals surface area (Å²) in [7, 11) is 0. The molecule has 0 aliphatic carbocycles. The highest BCUT2D eigenvalue weighted by Crippen LogP contribution is 2.15. The van der Waals surface area contributed by atoms with Crippen molar-refractivity contribution in [2.75, 3.05) is 13.1 Å². The van der Waals surface area contributed by atoms with Crippen molar-refractivity contribution in [1.29, 1.82) is 0 Å². The van der Waals surface area contributed by atoms with Crippen LogP contribution >= 0.6 is 0 Å². The predicted molar refractivity (Wildman–Crippen MR) is 75.5 cm³/mol. The molecule has 0 atom stereocenters. The topological polar surface area (TPSA) is 42.4 Å². The number of pyridine rings is 1. The van der Waals surface area contributed by atoms with Crippen LogP contribution in [0.15, 0.2) is 48.7 Å². The fraction of sp³-hybridized carbons (Fsp3) is 0.250. The molecule has 1 amide bonds. The van der Waals surface area contributed by atoms with E-state index in [0.29, 0.717) is 18.1 Å². The van der Waals surface area contributed by atoms with Gasteiger partial charge in [-0.2, -0.15) is 0 Å². The first kappa shape index (κ1) is 12.7. The van der Waals surface area contributed by atoms with Gasteiger partial charge in [-0.1, -0.05) is 30.3 Å². The molecule has 1 aromatic carbocycles. The predicted octanol–water partition coefficient (Wildman–Crippen LogP) is 2.51. The Labute approximate surface area is 118 Å². The monoisotopic (exact) mass is 268 g/mol. The van der Waals surface area contributed by atoms with Crippen molar-refractivity contribution < 1.29 is 9.53 Å². The molecule has 1 fully saturated rings. The zero-order valence-electron chi connectivity index (χ0n) is 11.2. The minimum Gasteiger partial charge on any atom is -0.473 e. The Hall–Kier alpha value is -2.36. The summed E-state index contributed by atoms with van der Waals surface area (Å²) in [5, 5.41) is 0. The molecule has 4 heteroatoms. The number of hydrogen-bond acceptors (Lipinski definition) is 3. The van der Waals surface area contributed by atoms with Gasteiger partial charge in [0, 0.05) is 25.4 Å². The van der Waals surface area contributed by atoms with E-state index in [9.17, 15) is 4.79 Å². The molecule has 2 aromatic rings. The van der Waals surface area contributed by atoms with Gasteiger partial charge in [-0.3, -0.25) is 4.79 Å². The van der Waals surface area contributed by atoms with Crippen LogP contribution in [0.4, 0.5) is 0 Å². The lowest BCUT2D eigenvalue weighted by Crippen LogP contribution is -2.42. The fourth-order valence-corrected chi connectivity index (χ4v) is 2.03. The van der Waals surface area contributed by atoms with E-state index >= 15 is 0 Å². The Kier molecular flexibility index (Phi) is 3.63. The maximum atomic E-state index is 12.0. The van der Waals surface area contributed by atoms with Crippen molar-refractivity contribution in [2.24, 2.45) is 0 Å². The van der Waals surface area contributed by atoms with Gasteiger partial charge < -0.3 is 9.64 Å². The summed E-state index contributed by atoms with van der Waals surface area (Å²) in [6, 6.07) is 13.4. The molecule has 1 aromatic heterocycles. The summed E-state index contributed by atoms with van der Waals surface area (Å²) in [6.07, 6.45) is 2.68. The highest BCUT2D eigenvalue weighted by Gasteiger charge is 2.21. The van der Waals surface area contributed by atoms with E-state index < -0.39 is 0 Å². The molecule has 4 nitrogen and oxygen atoms in total. The number of carbonyl (C=O) groups excluding carboxylic acids is 1. The van der Waals surface area contributed by atoms with Crippen molar-refractivity contribution in [3.63, 3.8) is 0 Å². The molecule has 3 rings (SSSR count). The van der Waals surface area contributed by atoms with Crippen LogP contribution in [-0.2, 0) is 6.61 Å². The zero-order valence-corrected chi connectivity index (χ0v) is 11.2. The number of benzene rings is 1. The van der Waals surface area contributed by atoms with E-state index in [0.717, 1.165) is 25.1 Å². The van der Waals surface area contributed by atoms with Crippen LogP contribution in [0.25, 0.3) is 0 Å². The van der Waals surface area contributed by atoms with Gasteiger partial charge in [0.05, 0.1) is 5.56 Å². The number of aromatic nitrogens is 1. The average molecular weight is 268 g/mol. The zero-order chi connectivity index (χ0) is 13.8. The van der Waals surface area contributed by atoms with Crippen LogP contribution in [0.1, 0.15) is 22.3 Å². The number of hydrogen-bond donors (Lipinski definition) is 0. The SMILES string of the molecule is O=C(c1ccc(OCc2ccccc2)nc1)N1CCC1. The van der Waals surface area contributed by atoms with Crippen molar-refractivity contribution in [3.8, 4) is 5.88 Å². The van der Waals surface area contributed by atoms with Crippen molar-refractivity contribution >= 4 is 5.91 Å². The smallest absolute Gasteiger partial charge is 0.255 e. The van der Waals surface area contributed by atoms with Gasteiger partial charge in [0.25, 0.3) is 5.91 Å². The van der Waals surface area contributed by atoms with Crippen molar-refractivity contribution in [1.82, 2.24) is 9.88 Å². The Morgan fingerprint density at radius 1 is 1.15 bits per heavy atom. The second-order valence-electron chi connectivity index (χ2n) is 4.81. The molecule has 102 valence electrons.